The number of carbonyl (C=O) groups is 2. The number of aromatic nitrogens is 4. The number of anilines is 1. The number of piperidine rings is 1. The van der Waals surface area contributed by atoms with Crippen molar-refractivity contribution >= 4 is 28.4 Å². The monoisotopic (exact) mass is 520 g/mol. The Morgan fingerprint density at radius 3 is 2.71 bits per heavy atom. The van der Waals surface area contributed by atoms with E-state index in [1.165, 1.54) is 9.80 Å². The Hall–Kier alpha value is -4.15. The van der Waals surface area contributed by atoms with Gasteiger partial charge in [0.05, 0.1) is 23.7 Å². The van der Waals surface area contributed by atoms with E-state index in [2.05, 4.69) is 15.2 Å². The van der Waals surface area contributed by atoms with Gasteiger partial charge in [0, 0.05) is 43.2 Å². The highest BCUT2D eigenvalue weighted by atomic mass is 19.3. The van der Waals surface area contributed by atoms with Crippen LogP contribution in [0.3, 0.4) is 0 Å². The fourth-order valence-electron chi connectivity index (χ4n) is 5.49. The van der Waals surface area contributed by atoms with E-state index in [4.69, 9.17) is 4.52 Å². The Kier molecular flexibility index (Phi) is 5.73. The molecular weight excluding hydrogens is 494 g/mol. The maximum atomic E-state index is 15.3. The minimum Gasteiger partial charge on any atom is -0.338 e. The summed E-state index contributed by atoms with van der Waals surface area (Å²) in [5, 5.41) is 9.34. The van der Waals surface area contributed by atoms with Gasteiger partial charge < -0.3 is 14.3 Å². The third-order valence-electron chi connectivity index (χ3n) is 7.49. The second kappa shape index (κ2) is 9.00. The number of hydrogen-bond donors (Lipinski definition) is 0. The van der Waals surface area contributed by atoms with E-state index in [-0.39, 0.29) is 43.6 Å². The highest BCUT2D eigenvalue weighted by molar-refractivity contribution is 6.00. The smallest absolute Gasteiger partial charge is 0.276 e. The molecule has 2 aliphatic rings. The minimum atomic E-state index is -3.26. The molecule has 0 saturated carbocycles. The van der Waals surface area contributed by atoms with Crippen molar-refractivity contribution in [3.05, 3.63) is 60.1 Å². The van der Waals surface area contributed by atoms with Crippen LogP contribution in [0.1, 0.15) is 30.3 Å². The largest absolute Gasteiger partial charge is 0.338 e. The number of hydrogen-bond acceptors (Lipinski definition) is 6. The Morgan fingerprint density at radius 1 is 1.16 bits per heavy atom. The van der Waals surface area contributed by atoms with Crippen molar-refractivity contribution in [2.24, 2.45) is 13.0 Å². The zero-order chi connectivity index (χ0) is 26.6. The number of amides is 2. The van der Waals surface area contributed by atoms with E-state index in [9.17, 15) is 9.59 Å². The van der Waals surface area contributed by atoms with Gasteiger partial charge in [-0.25, -0.2) is 8.78 Å². The molecule has 2 atom stereocenters. The van der Waals surface area contributed by atoms with Gasteiger partial charge in [-0.2, -0.15) is 10.1 Å². The van der Waals surface area contributed by atoms with Crippen molar-refractivity contribution < 1.29 is 22.9 Å². The summed E-state index contributed by atoms with van der Waals surface area (Å²) in [6, 6.07) is 14.6. The van der Waals surface area contributed by atoms with Crippen molar-refractivity contribution in [2.45, 2.75) is 31.6 Å². The van der Waals surface area contributed by atoms with Gasteiger partial charge in [0.25, 0.3) is 5.92 Å². The normalized spacial score (nSPS) is 21.4. The number of alkyl halides is 2. The maximum absolute atomic E-state index is 15.3. The lowest BCUT2D eigenvalue weighted by molar-refractivity contribution is -0.149. The molecule has 2 aromatic carbocycles. The number of likely N-dealkylation sites (tertiary alicyclic amines) is 1. The molecule has 4 heterocycles. The van der Waals surface area contributed by atoms with Crippen molar-refractivity contribution in [3.8, 4) is 11.4 Å². The van der Waals surface area contributed by atoms with Gasteiger partial charge >= 0.3 is 0 Å². The van der Waals surface area contributed by atoms with E-state index >= 15 is 8.78 Å². The van der Waals surface area contributed by atoms with Crippen molar-refractivity contribution in [1.82, 2.24) is 24.8 Å². The first-order chi connectivity index (χ1) is 18.2. The van der Waals surface area contributed by atoms with E-state index in [0.29, 0.717) is 11.3 Å². The molecule has 6 rings (SSSR count). The van der Waals surface area contributed by atoms with Crippen LogP contribution in [0.5, 0.6) is 0 Å². The van der Waals surface area contributed by atoms with Gasteiger partial charge in [-0.15, -0.1) is 0 Å². The number of rotatable bonds is 4. The number of benzene rings is 2. The summed E-state index contributed by atoms with van der Waals surface area (Å²) in [5.74, 6) is -5.76. The molecule has 196 valence electrons. The molecule has 0 bridgehead atoms. The topological polar surface area (TPSA) is 97.4 Å². The average Bonchev–Trinajstić information content (AvgIpc) is 3.61. The van der Waals surface area contributed by atoms with Gasteiger partial charge in [-0.1, -0.05) is 35.5 Å². The zero-order valence-corrected chi connectivity index (χ0v) is 21.0. The van der Waals surface area contributed by atoms with Crippen molar-refractivity contribution in [1.29, 1.82) is 0 Å². The molecule has 4 aromatic rings. The van der Waals surface area contributed by atoms with E-state index in [1.807, 2.05) is 50.4 Å². The molecular formula is C27H26F2N6O3. The summed E-state index contributed by atoms with van der Waals surface area (Å²) in [7, 11) is 1.83. The number of halogens is 2. The molecule has 9 nitrogen and oxygen atoms in total. The van der Waals surface area contributed by atoms with Gasteiger partial charge in [0.15, 0.2) is 0 Å². The first-order valence-electron chi connectivity index (χ1n) is 12.5. The Balaban J connectivity index is 1.16. The molecule has 2 aromatic heterocycles. The van der Waals surface area contributed by atoms with Gasteiger partial charge in [-0.3, -0.25) is 14.3 Å². The SMILES string of the molecule is Cc1nn(C)c2cc(-c3noc(C4CCN(C(=O)[C@H]5CC(=O)N(c6ccccc6)C5)CC4(F)F)n3)ccc12. The molecule has 38 heavy (non-hydrogen) atoms. The quantitative estimate of drug-likeness (QED) is 0.405. The predicted molar refractivity (Wildman–Crippen MR) is 135 cm³/mol. The molecule has 2 aliphatic heterocycles. The fourth-order valence-corrected chi connectivity index (χ4v) is 5.49. The Labute approximate surface area is 217 Å². The summed E-state index contributed by atoms with van der Waals surface area (Å²) in [5.41, 5.74) is 3.10. The number of aryl methyl sites for hydroxylation is 2. The van der Waals surface area contributed by atoms with Gasteiger partial charge in [0.1, 0.15) is 5.92 Å². The first kappa shape index (κ1) is 24.2. The van der Waals surface area contributed by atoms with Crippen LogP contribution in [0.2, 0.25) is 0 Å². The van der Waals surface area contributed by atoms with Gasteiger partial charge in [-0.05, 0) is 31.5 Å². The lowest BCUT2D eigenvalue weighted by Crippen LogP contribution is -2.51. The van der Waals surface area contributed by atoms with Crippen LogP contribution in [-0.2, 0) is 16.6 Å². The van der Waals surface area contributed by atoms with Crippen LogP contribution in [0, 0.1) is 12.8 Å². The van der Waals surface area contributed by atoms with Crippen LogP contribution >= 0.6 is 0 Å². The molecule has 0 spiro atoms. The molecule has 2 saturated heterocycles. The highest BCUT2D eigenvalue weighted by Crippen LogP contribution is 2.41. The molecule has 0 N–H and O–H groups in total. The number of carbonyl (C=O) groups excluding carboxylic acids is 2. The molecule has 0 aliphatic carbocycles. The van der Waals surface area contributed by atoms with E-state index in [0.717, 1.165) is 16.6 Å². The minimum absolute atomic E-state index is 0.00672. The second-order valence-corrected chi connectivity index (χ2v) is 10.0. The number of nitrogens with zero attached hydrogens (tertiary/aromatic N) is 6. The maximum Gasteiger partial charge on any atom is 0.276 e. The second-order valence-electron chi connectivity index (χ2n) is 10.0. The molecule has 2 amide bonds. The van der Waals surface area contributed by atoms with Crippen LogP contribution in [0.4, 0.5) is 14.5 Å². The Morgan fingerprint density at radius 2 is 1.95 bits per heavy atom. The van der Waals surface area contributed by atoms with E-state index in [1.54, 1.807) is 16.8 Å². The fraction of sp³-hybridized carbons (Fsp3) is 0.370. The van der Waals surface area contributed by atoms with Gasteiger partial charge in [0.2, 0.25) is 23.5 Å². The molecule has 0 radical (unpaired) electrons. The summed E-state index contributed by atoms with van der Waals surface area (Å²) in [4.78, 5) is 32.7. The van der Waals surface area contributed by atoms with Crippen molar-refractivity contribution in [2.75, 3.05) is 24.5 Å². The highest BCUT2D eigenvalue weighted by Gasteiger charge is 2.50. The number of para-hydroxylation sites is 1. The van der Waals surface area contributed by atoms with Crippen LogP contribution in [-0.4, -0.2) is 62.2 Å². The summed E-state index contributed by atoms with van der Waals surface area (Å²) < 4.78 is 37.7. The third kappa shape index (κ3) is 4.11. The van der Waals surface area contributed by atoms with Crippen LogP contribution in [0.15, 0.2) is 53.1 Å². The summed E-state index contributed by atoms with van der Waals surface area (Å²) >= 11 is 0. The lowest BCUT2D eigenvalue weighted by Gasteiger charge is -2.37. The predicted octanol–water partition coefficient (Wildman–Crippen LogP) is 3.94. The first-order valence-corrected chi connectivity index (χ1v) is 12.5. The number of fused-ring (bicyclic) bond motifs is 1. The van der Waals surface area contributed by atoms with E-state index < -0.39 is 30.2 Å². The average molecular weight is 521 g/mol. The molecule has 11 heteroatoms. The summed E-state index contributed by atoms with van der Waals surface area (Å²) in [6.45, 7) is 1.45. The zero-order valence-electron chi connectivity index (χ0n) is 21.0. The lowest BCUT2D eigenvalue weighted by atomic mass is 9.91. The summed E-state index contributed by atoms with van der Waals surface area (Å²) in [6.07, 6.45) is -0.0177. The van der Waals surface area contributed by atoms with Crippen molar-refractivity contribution in [3.63, 3.8) is 0 Å². The standard InChI is InChI=1S/C27H26F2N6O3/c1-16-20-9-8-17(12-22(20)33(2)31-16)24-30-25(38-32-24)21-10-11-34(15-27(21,28)29)26(37)18-13-23(36)35(14-18)19-6-4-3-5-7-19/h3-9,12,18,21H,10-11,13-15H2,1-2H3/t18-,21?/m0/s1. The van der Waals surface area contributed by atoms with Crippen LogP contribution < -0.4 is 4.90 Å². The Bertz CT molecular complexity index is 1530. The van der Waals surface area contributed by atoms with Crippen LogP contribution in [0.25, 0.3) is 22.3 Å². The molecule has 2 fully saturated rings. The molecule has 1 unspecified atom stereocenters. The third-order valence-corrected chi connectivity index (χ3v) is 7.49.